The molecule has 0 spiro atoms. The Labute approximate surface area is 115 Å². The molecule has 0 saturated heterocycles. The molecular weight excluding hydrogens is 269 g/mol. The zero-order valence-electron chi connectivity index (χ0n) is 11.2. The molecular formula is C15H17F3O2. The highest BCUT2D eigenvalue weighted by Gasteiger charge is 2.42. The lowest BCUT2D eigenvalue weighted by molar-refractivity contribution is -0.183. The minimum absolute atomic E-state index is 0.0368. The van der Waals surface area contributed by atoms with E-state index in [1.165, 1.54) is 7.11 Å². The standard InChI is InChI=1S/C15H17F3O2/c1-20-13-5-3-2-4-12(13)14(19)10-6-8-11(9-7-10)15(16,17)18/h2-5,10-11H,6-9H2,1H3. The Morgan fingerprint density at radius 3 is 2.30 bits per heavy atom. The van der Waals surface area contributed by atoms with Crippen molar-refractivity contribution in [3.8, 4) is 5.75 Å². The third-order valence-corrected chi connectivity index (χ3v) is 3.93. The molecule has 20 heavy (non-hydrogen) atoms. The van der Waals surface area contributed by atoms with Crippen LogP contribution in [0.2, 0.25) is 0 Å². The number of halogens is 3. The van der Waals surface area contributed by atoms with Crippen molar-refractivity contribution in [3.05, 3.63) is 29.8 Å². The number of rotatable bonds is 3. The van der Waals surface area contributed by atoms with Crippen molar-refractivity contribution in [1.29, 1.82) is 0 Å². The summed E-state index contributed by atoms with van der Waals surface area (Å²) in [5, 5.41) is 0. The van der Waals surface area contributed by atoms with Gasteiger partial charge in [0, 0.05) is 5.92 Å². The van der Waals surface area contributed by atoms with Crippen LogP contribution in [0.15, 0.2) is 24.3 Å². The van der Waals surface area contributed by atoms with E-state index >= 15 is 0 Å². The molecule has 0 aromatic heterocycles. The summed E-state index contributed by atoms with van der Waals surface area (Å²) in [6, 6.07) is 6.85. The van der Waals surface area contributed by atoms with Crippen molar-refractivity contribution in [2.75, 3.05) is 7.11 Å². The van der Waals surface area contributed by atoms with E-state index < -0.39 is 12.1 Å². The van der Waals surface area contributed by atoms with Crippen LogP contribution in [0.1, 0.15) is 36.0 Å². The molecule has 0 bridgehead atoms. The van der Waals surface area contributed by atoms with E-state index in [0.717, 1.165) is 0 Å². The van der Waals surface area contributed by atoms with Gasteiger partial charge in [-0.1, -0.05) is 12.1 Å². The van der Waals surface area contributed by atoms with Gasteiger partial charge in [0.2, 0.25) is 0 Å². The predicted octanol–water partition coefficient (Wildman–Crippen LogP) is 4.25. The van der Waals surface area contributed by atoms with Crippen molar-refractivity contribution >= 4 is 5.78 Å². The zero-order chi connectivity index (χ0) is 14.8. The molecule has 110 valence electrons. The van der Waals surface area contributed by atoms with Gasteiger partial charge in [-0.05, 0) is 37.8 Å². The molecule has 1 saturated carbocycles. The van der Waals surface area contributed by atoms with E-state index in [4.69, 9.17) is 4.74 Å². The van der Waals surface area contributed by atoms with Crippen LogP contribution in [-0.4, -0.2) is 19.1 Å². The fourth-order valence-corrected chi connectivity index (χ4v) is 2.75. The van der Waals surface area contributed by atoms with E-state index in [0.29, 0.717) is 24.2 Å². The monoisotopic (exact) mass is 286 g/mol. The number of carbonyl (C=O) groups excluding carboxylic acids is 1. The summed E-state index contributed by atoms with van der Waals surface area (Å²) in [7, 11) is 1.48. The third kappa shape index (κ3) is 3.14. The highest BCUT2D eigenvalue weighted by molar-refractivity contribution is 6.00. The first-order valence-corrected chi connectivity index (χ1v) is 6.67. The number of alkyl halides is 3. The van der Waals surface area contributed by atoms with Gasteiger partial charge < -0.3 is 4.74 Å². The van der Waals surface area contributed by atoms with E-state index in [2.05, 4.69) is 0 Å². The summed E-state index contributed by atoms with van der Waals surface area (Å²) in [4.78, 5) is 12.4. The molecule has 0 atom stereocenters. The molecule has 0 N–H and O–H groups in total. The maximum absolute atomic E-state index is 12.6. The van der Waals surface area contributed by atoms with Gasteiger partial charge in [-0.25, -0.2) is 0 Å². The quantitative estimate of drug-likeness (QED) is 0.777. The highest BCUT2D eigenvalue weighted by atomic mass is 19.4. The Morgan fingerprint density at radius 2 is 1.75 bits per heavy atom. The van der Waals surface area contributed by atoms with Crippen LogP contribution >= 0.6 is 0 Å². The minimum Gasteiger partial charge on any atom is -0.496 e. The SMILES string of the molecule is COc1ccccc1C(=O)C1CCC(C(F)(F)F)CC1. The minimum atomic E-state index is -4.14. The van der Waals surface area contributed by atoms with Gasteiger partial charge >= 0.3 is 6.18 Å². The molecule has 1 aromatic carbocycles. The Hall–Kier alpha value is -1.52. The van der Waals surface area contributed by atoms with Crippen LogP contribution in [-0.2, 0) is 0 Å². The number of ether oxygens (including phenoxy) is 1. The summed E-state index contributed by atoms with van der Waals surface area (Å²) in [5.41, 5.74) is 0.463. The van der Waals surface area contributed by atoms with Crippen molar-refractivity contribution in [2.45, 2.75) is 31.9 Å². The van der Waals surface area contributed by atoms with E-state index in [1.807, 2.05) is 0 Å². The first-order chi connectivity index (χ1) is 9.43. The Bertz CT molecular complexity index is 474. The second-order valence-electron chi connectivity index (χ2n) is 5.15. The topological polar surface area (TPSA) is 26.3 Å². The zero-order valence-corrected chi connectivity index (χ0v) is 11.2. The van der Waals surface area contributed by atoms with Crippen LogP contribution in [0.5, 0.6) is 5.75 Å². The van der Waals surface area contributed by atoms with Gasteiger partial charge in [-0.15, -0.1) is 0 Å². The average Bonchev–Trinajstić information content (AvgIpc) is 2.45. The summed E-state index contributed by atoms with van der Waals surface area (Å²) < 4.78 is 43.0. The number of ketones is 1. The maximum Gasteiger partial charge on any atom is 0.391 e. The number of Topliss-reactive ketones (excluding diaryl/α,β-unsaturated/α-hetero) is 1. The van der Waals surface area contributed by atoms with Gasteiger partial charge in [-0.3, -0.25) is 4.79 Å². The molecule has 1 aliphatic carbocycles. The fraction of sp³-hybridized carbons (Fsp3) is 0.533. The molecule has 0 amide bonds. The molecule has 1 aromatic rings. The molecule has 0 heterocycles. The number of hydrogen-bond donors (Lipinski definition) is 0. The van der Waals surface area contributed by atoms with E-state index in [1.54, 1.807) is 24.3 Å². The average molecular weight is 286 g/mol. The van der Waals surface area contributed by atoms with Crippen LogP contribution in [0.3, 0.4) is 0 Å². The van der Waals surface area contributed by atoms with Crippen LogP contribution in [0.25, 0.3) is 0 Å². The Morgan fingerprint density at radius 1 is 1.15 bits per heavy atom. The number of methoxy groups -OCH3 is 1. The molecule has 2 nitrogen and oxygen atoms in total. The van der Waals surface area contributed by atoms with Crippen LogP contribution < -0.4 is 4.74 Å². The van der Waals surface area contributed by atoms with Crippen molar-refractivity contribution in [3.63, 3.8) is 0 Å². The molecule has 1 fully saturated rings. The third-order valence-electron chi connectivity index (χ3n) is 3.93. The van der Waals surface area contributed by atoms with Gasteiger partial charge in [0.05, 0.1) is 18.6 Å². The van der Waals surface area contributed by atoms with Gasteiger partial charge in [0.15, 0.2) is 5.78 Å². The largest absolute Gasteiger partial charge is 0.496 e. The lowest BCUT2D eigenvalue weighted by Gasteiger charge is -2.29. The lowest BCUT2D eigenvalue weighted by atomic mass is 9.78. The second-order valence-corrected chi connectivity index (χ2v) is 5.15. The number of benzene rings is 1. The second kappa shape index (κ2) is 5.85. The molecule has 1 aliphatic rings. The molecule has 0 unspecified atom stereocenters. The molecule has 2 rings (SSSR count). The highest BCUT2D eigenvalue weighted by Crippen LogP contribution is 2.40. The van der Waals surface area contributed by atoms with Gasteiger partial charge in [0.25, 0.3) is 0 Å². The fourth-order valence-electron chi connectivity index (χ4n) is 2.75. The smallest absolute Gasteiger partial charge is 0.391 e. The normalized spacial score (nSPS) is 23.4. The van der Waals surface area contributed by atoms with Crippen molar-refractivity contribution < 1.29 is 22.7 Å². The summed E-state index contributed by atoms with van der Waals surface area (Å²) in [6.45, 7) is 0. The number of carbonyl (C=O) groups is 1. The molecule has 0 radical (unpaired) electrons. The molecule has 0 aliphatic heterocycles. The van der Waals surface area contributed by atoms with Crippen LogP contribution in [0.4, 0.5) is 13.2 Å². The summed E-state index contributed by atoms with van der Waals surface area (Å²) >= 11 is 0. The Kier molecular flexibility index (Phi) is 4.35. The number of hydrogen-bond acceptors (Lipinski definition) is 2. The van der Waals surface area contributed by atoms with Crippen LogP contribution in [0, 0.1) is 11.8 Å². The summed E-state index contributed by atoms with van der Waals surface area (Å²) in [5.74, 6) is -1.22. The van der Waals surface area contributed by atoms with E-state index in [-0.39, 0.29) is 24.5 Å². The predicted molar refractivity (Wildman–Crippen MR) is 68.8 cm³/mol. The van der Waals surface area contributed by atoms with Crippen molar-refractivity contribution in [1.82, 2.24) is 0 Å². The maximum atomic E-state index is 12.6. The number of para-hydroxylation sites is 1. The first kappa shape index (κ1) is 14.9. The van der Waals surface area contributed by atoms with Crippen molar-refractivity contribution in [2.24, 2.45) is 11.8 Å². The Balaban J connectivity index is 2.05. The van der Waals surface area contributed by atoms with Gasteiger partial charge in [-0.2, -0.15) is 13.2 Å². The molecule has 5 heteroatoms. The first-order valence-electron chi connectivity index (χ1n) is 6.67. The lowest BCUT2D eigenvalue weighted by Crippen LogP contribution is -2.30. The van der Waals surface area contributed by atoms with Gasteiger partial charge in [0.1, 0.15) is 5.75 Å². The summed E-state index contributed by atoms with van der Waals surface area (Å²) in [6.07, 6.45) is -3.48. The van der Waals surface area contributed by atoms with E-state index in [9.17, 15) is 18.0 Å².